The molecule has 0 radical (unpaired) electrons. The van der Waals surface area contributed by atoms with E-state index in [1.165, 1.54) is 36.8 Å². The van der Waals surface area contributed by atoms with Crippen LogP contribution in [0.2, 0.25) is 5.02 Å². The van der Waals surface area contributed by atoms with Crippen molar-refractivity contribution in [1.82, 2.24) is 9.78 Å². The number of hydrogen-bond donors (Lipinski definition) is 0. The third-order valence-electron chi connectivity index (χ3n) is 5.46. The molecule has 1 aromatic carbocycles. The normalized spacial score (nSPS) is 23.3. The maximum atomic E-state index is 12.7. The highest BCUT2D eigenvalue weighted by molar-refractivity contribution is 6.33. The minimum absolute atomic E-state index is 0.197. The average Bonchev–Trinajstić information content (AvgIpc) is 3.04. The minimum atomic E-state index is -0.197. The summed E-state index contributed by atoms with van der Waals surface area (Å²) in [5.74, 6) is 0.751. The summed E-state index contributed by atoms with van der Waals surface area (Å²) in [6.45, 7) is 1.44. The van der Waals surface area contributed by atoms with Gasteiger partial charge in [0.05, 0.1) is 18.4 Å². The third kappa shape index (κ3) is 2.84. The van der Waals surface area contributed by atoms with Crippen LogP contribution in [0.15, 0.2) is 41.3 Å². The van der Waals surface area contributed by atoms with Gasteiger partial charge in [-0.2, -0.15) is 5.10 Å². The van der Waals surface area contributed by atoms with Crippen LogP contribution in [-0.4, -0.2) is 22.4 Å². The molecule has 2 atom stereocenters. The topological polar surface area (TPSA) is 38.1 Å². The van der Waals surface area contributed by atoms with Crippen LogP contribution in [0.3, 0.4) is 0 Å². The fraction of sp³-hybridized carbons (Fsp3) is 0.474. The Morgan fingerprint density at radius 3 is 2.75 bits per heavy atom. The fourth-order valence-corrected chi connectivity index (χ4v) is 4.49. The molecule has 126 valence electrons. The van der Waals surface area contributed by atoms with E-state index in [2.05, 4.69) is 10.00 Å². The quantitative estimate of drug-likeness (QED) is 0.852. The van der Waals surface area contributed by atoms with Gasteiger partial charge in [0.25, 0.3) is 5.56 Å². The van der Waals surface area contributed by atoms with Crippen molar-refractivity contribution < 1.29 is 0 Å². The van der Waals surface area contributed by atoms with Crippen LogP contribution >= 0.6 is 11.6 Å². The van der Waals surface area contributed by atoms with E-state index in [1.807, 2.05) is 30.3 Å². The van der Waals surface area contributed by atoms with Crippen LogP contribution in [0, 0.1) is 5.92 Å². The Morgan fingerprint density at radius 1 is 1.12 bits per heavy atom. The molecule has 4 nitrogen and oxygen atoms in total. The number of hydrogen-bond acceptors (Lipinski definition) is 3. The van der Waals surface area contributed by atoms with Gasteiger partial charge in [0, 0.05) is 12.6 Å². The number of anilines is 1. The Bertz CT molecular complexity index is 774. The van der Waals surface area contributed by atoms with Gasteiger partial charge in [0.2, 0.25) is 0 Å². The van der Waals surface area contributed by atoms with Gasteiger partial charge < -0.3 is 4.90 Å². The van der Waals surface area contributed by atoms with E-state index in [0.29, 0.717) is 17.6 Å². The van der Waals surface area contributed by atoms with Gasteiger partial charge in [0.15, 0.2) is 0 Å². The zero-order valence-corrected chi connectivity index (χ0v) is 14.5. The van der Waals surface area contributed by atoms with Gasteiger partial charge in [-0.3, -0.25) is 4.79 Å². The first-order chi connectivity index (χ1) is 11.7. The van der Waals surface area contributed by atoms with E-state index in [1.54, 1.807) is 6.20 Å². The summed E-state index contributed by atoms with van der Waals surface area (Å²) in [5.41, 5.74) is 1.67. The summed E-state index contributed by atoms with van der Waals surface area (Å²) < 4.78 is 1.45. The summed E-state index contributed by atoms with van der Waals surface area (Å²) in [6, 6.07) is 10.4. The molecule has 4 rings (SSSR count). The Hall–Kier alpha value is -1.81. The minimum Gasteiger partial charge on any atom is -0.366 e. The summed E-state index contributed by atoms with van der Waals surface area (Å²) in [6.07, 6.45) is 8.09. The van der Waals surface area contributed by atoms with Crippen LogP contribution in [0.1, 0.15) is 37.7 Å². The lowest BCUT2D eigenvalue weighted by atomic mass is 9.85. The molecule has 2 aromatic rings. The second-order valence-electron chi connectivity index (χ2n) is 6.89. The van der Waals surface area contributed by atoms with Crippen LogP contribution in [0.4, 0.5) is 5.69 Å². The molecule has 0 N–H and O–H groups in total. The van der Waals surface area contributed by atoms with E-state index >= 15 is 0 Å². The average molecular weight is 344 g/mol. The Balaban J connectivity index is 1.62. The van der Waals surface area contributed by atoms with Gasteiger partial charge >= 0.3 is 0 Å². The van der Waals surface area contributed by atoms with Crippen molar-refractivity contribution >= 4 is 17.3 Å². The van der Waals surface area contributed by atoms with Gasteiger partial charge in [0.1, 0.15) is 5.02 Å². The lowest BCUT2D eigenvalue weighted by molar-refractivity contribution is 0.342. The Kier molecular flexibility index (Phi) is 4.31. The zero-order valence-electron chi connectivity index (χ0n) is 13.7. The highest BCUT2D eigenvalue weighted by Crippen LogP contribution is 2.39. The molecule has 1 aliphatic heterocycles. The second kappa shape index (κ2) is 6.60. The van der Waals surface area contributed by atoms with Gasteiger partial charge in [-0.1, -0.05) is 54.8 Å². The molecule has 5 heteroatoms. The number of rotatable bonds is 3. The molecule has 0 amide bonds. The highest BCUT2D eigenvalue weighted by atomic mass is 35.5. The summed E-state index contributed by atoms with van der Waals surface area (Å²) in [7, 11) is 0. The monoisotopic (exact) mass is 343 g/mol. The van der Waals surface area contributed by atoms with Crippen molar-refractivity contribution in [3.63, 3.8) is 0 Å². The van der Waals surface area contributed by atoms with Crippen LogP contribution in [0.5, 0.6) is 0 Å². The first-order valence-electron chi connectivity index (χ1n) is 8.80. The Morgan fingerprint density at radius 2 is 1.92 bits per heavy atom. The molecule has 0 bridgehead atoms. The number of aromatic nitrogens is 2. The number of fused-ring (bicyclic) bond motifs is 1. The summed E-state index contributed by atoms with van der Waals surface area (Å²) in [4.78, 5) is 15.0. The molecular weight excluding hydrogens is 322 g/mol. The molecule has 2 unspecified atom stereocenters. The highest BCUT2D eigenvalue weighted by Gasteiger charge is 2.37. The molecule has 0 spiro atoms. The molecular formula is C19H22ClN3O. The molecule has 1 saturated heterocycles. The Labute approximate surface area is 147 Å². The molecule has 1 aliphatic carbocycles. The van der Waals surface area contributed by atoms with Gasteiger partial charge in [-0.25, -0.2) is 4.68 Å². The maximum absolute atomic E-state index is 12.7. The van der Waals surface area contributed by atoms with E-state index < -0.39 is 0 Å². The van der Waals surface area contributed by atoms with Crippen LogP contribution < -0.4 is 10.5 Å². The second-order valence-corrected chi connectivity index (χ2v) is 7.26. The molecule has 24 heavy (non-hydrogen) atoms. The van der Waals surface area contributed by atoms with E-state index in [9.17, 15) is 4.79 Å². The molecule has 1 saturated carbocycles. The van der Waals surface area contributed by atoms with E-state index in [-0.39, 0.29) is 5.56 Å². The molecule has 2 fully saturated rings. The maximum Gasteiger partial charge on any atom is 0.287 e. The summed E-state index contributed by atoms with van der Waals surface area (Å²) >= 11 is 6.46. The number of halogens is 1. The van der Waals surface area contributed by atoms with Gasteiger partial charge in [-0.05, 0) is 30.7 Å². The summed E-state index contributed by atoms with van der Waals surface area (Å²) in [5, 5.41) is 4.71. The number of nitrogens with zero attached hydrogens (tertiary/aromatic N) is 3. The standard InChI is InChI=1S/C19H22ClN3O/c20-18-17(22-11-10-15-8-4-5-9-16(15)22)12-21-23(19(18)24)13-14-6-2-1-3-7-14/h1-3,6-7,12,15-16H,4-5,8-11,13H2. The molecule has 2 heterocycles. The lowest BCUT2D eigenvalue weighted by Crippen LogP contribution is -2.36. The van der Waals surface area contributed by atoms with Crippen molar-refractivity contribution in [2.45, 2.75) is 44.7 Å². The van der Waals surface area contributed by atoms with Crippen molar-refractivity contribution in [1.29, 1.82) is 0 Å². The molecule has 2 aliphatic rings. The van der Waals surface area contributed by atoms with Crippen LogP contribution in [-0.2, 0) is 6.54 Å². The predicted octanol–water partition coefficient (Wildman–Crippen LogP) is 3.71. The smallest absolute Gasteiger partial charge is 0.287 e. The first kappa shape index (κ1) is 15.7. The largest absolute Gasteiger partial charge is 0.366 e. The van der Waals surface area contributed by atoms with Crippen LogP contribution in [0.25, 0.3) is 0 Å². The van der Waals surface area contributed by atoms with E-state index in [4.69, 9.17) is 11.6 Å². The number of benzene rings is 1. The first-order valence-corrected chi connectivity index (χ1v) is 9.18. The third-order valence-corrected chi connectivity index (χ3v) is 5.82. The van der Waals surface area contributed by atoms with Crippen molar-refractivity contribution in [3.05, 3.63) is 57.5 Å². The van der Waals surface area contributed by atoms with E-state index in [0.717, 1.165) is 23.7 Å². The predicted molar refractivity (Wildman–Crippen MR) is 96.8 cm³/mol. The van der Waals surface area contributed by atoms with Crippen molar-refractivity contribution in [3.8, 4) is 0 Å². The van der Waals surface area contributed by atoms with Crippen molar-refractivity contribution in [2.24, 2.45) is 5.92 Å². The van der Waals surface area contributed by atoms with Gasteiger partial charge in [-0.15, -0.1) is 0 Å². The fourth-order valence-electron chi connectivity index (χ4n) is 4.23. The zero-order chi connectivity index (χ0) is 16.5. The molecule has 1 aromatic heterocycles. The van der Waals surface area contributed by atoms with Crippen molar-refractivity contribution in [2.75, 3.05) is 11.4 Å². The lowest BCUT2D eigenvalue weighted by Gasteiger charge is -2.33. The SMILES string of the molecule is O=c1c(Cl)c(N2CCC3CCCCC32)cnn1Cc1ccccc1.